The zero-order valence-corrected chi connectivity index (χ0v) is 9.93. The second kappa shape index (κ2) is 8.26. The first-order valence-corrected chi connectivity index (χ1v) is 5.57. The van der Waals surface area contributed by atoms with Gasteiger partial charge < -0.3 is 10.6 Å². The van der Waals surface area contributed by atoms with Crippen LogP contribution in [0.15, 0.2) is 0 Å². The highest BCUT2D eigenvalue weighted by atomic mass is 16.2. The molecule has 0 saturated carbocycles. The molecular weight excluding hydrogens is 192 g/mol. The molecule has 15 heavy (non-hydrogen) atoms. The van der Waals surface area contributed by atoms with Crippen molar-refractivity contribution >= 4 is 11.8 Å². The Morgan fingerprint density at radius 1 is 1.13 bits per heavy atom. The van der Waals surface area contributed by atoms with Crippen molar-refractivity contribution in [3.05, 3.63) is 0 Å². The van der Waals surface area contributed by atoms with Crippen LogP contribution in [0, 0.1) is 0 Å². The van der Waals surface area contributed by atoms with Crippen LogP contribution in [0.3, 0.4) is 0 Å². The molecule has 4 nitrogen and oxygen atoms in total. The minimum Gasteiger partial charge on any atom is -0.356 e. The lowest BCUT2D eigenvalue weighted by molar-refractivity contribution is -0.120. The fraction of sp³-hybridized carbons (Fsp3) is 0.818. The van der Waals surface area contributed by atoms with Crippen molar-refractivity contribution in [2.75, 3.05) is 6.54 Å². The summed E-state index contributed by atoms with van der Waals surface area (Å²) in [5.74, 6) is 0.0487. The summed E-state index contributed by atoms with van der Waals surface area (Å²) in [4.78, 5) is 21.4. The highest BCUT2D eigenvalue weighted by Gasteiger charge is 2.06. The molecule has 2 N–H and O–H groups in total. The van der Waals surface area contributed by atoms with Crippen LogP contribution in [0.4, 0.5) is 0 Å². The highest BCUT2D eigenvalue weighted by Crippen LogP contribution is 2.03. The predicted octanol–water partition coefficient (Wildman–Crippen LogP) is 1.21. The van der Waals surface area contributed by atoms with Crippen LogP contribution in [-0.4, -0.2) is 24.4 Å². The molecule has 0 spiro atoms. The van der Waals surface area contributed by atoms with Gasteiger partial charge in [0.15, 0.2) is 0 Å². The third kappa shape index (κ3) is 9.25. The van der Waals surface area contributed by atoms with Crippen molar-refractivity contribution in [2.24, 2.45) is 0 Å². The molecule has 2 amide bonds. The molecule has 1 atom stereocenters. The minimum atomic E-state index is 0.0175. The van der Waals surface area contributed by atoms with Gasteiger partial charge >= 0.3 is 0 Å². The van der Waals surface area contributed by atoms with Gasteiger partial charge in [-0.05, 0) is 25.7 Å². The molecule has 0 radical (unpaired) electrons. The molecule has 0 aromatic rings. The SMILES string of the molecule is CCC(CCCCNC(C)=O)NC(C)=O. The normalized spacial score (nSPS) is 11.9. The predicted molar refractivity (Wildman–Crippen MR) is 60.4 cm³/mol. The van der Waals surface area contributed by atoms with Crippen LogP contribution in [0.1, 0.15) is 46.5 Å². The zero-order chi connectivity index (χ0) is 11.7. The largest absolute Gasteiger partial charge is 0.356 e. The van der Waals surface area contributed by atoms with Crippen LogP contribution < -0.4 is 10.6 Å². The third-order valence-electron chi connectivity index (χ3n) is 2.25. The zero-order valence-electron chi connectivity index (χ0n) is 9.93. The van der Waals surface area contributed by atoms with E-state index >= 15 is 0 Å². The Balaban J connectivity index is 3.46. The van der Waals surface area contributed by atoms with Gasteiger partial charge in [-0.3, -0.25) is 9.59 Å². The molecule has 0 aliphatic rings. The Kier molecular flexibility index (Phi) is 7.68. The molecule has 4 heteroatoms. The quantitative estimate of drug-likeness (QED) is 0.626. The van der Waals surface area contributed by atoms with Gasteiger partial charge in [-0.2, -0.15) is 0 Å². The van der Waals surface area contributed by atoms with Crippen LogP contribution in [0.25, 0.3) is 0 Å². The van der Waals surface area contributed by atoms with Gasteiger partial charge in [-0.1, -0.05) is 6.92 Å². The molecule has 1 unspecified atom stereocenters. The van der Waals surface area contributed by atoms with Crippen LogP contribution in [0.2, 0.25) is 0 Å². The molecular formula is C11H22N2O2. The smallest absolute Gasteiger partial charge is 0.217 e. The average Bonchev–Trinajstić information content (AvgIpc) is 2.14. The number of rotatable bonds is 7. The molecule has 0 aliphatic carbocycles. The first-order valence-electron chi connectivity index (χ1n) is 5.57. The molecule has 0 saturated heterocycles. The second-order valence-corrected chi connectivity index (χ2v) is 3.78. The Morgan fingerprint density at radius 2 is 1.80 bits per heavy atom. The first kappa shape index (κ1) is 13.9. The van der Waals surface area contributed by atoms with Crippen molar-refractivity contribution in [3.63, 3.8) is 0 Å². The van der Waals surface area contributed by atoms with Crippen molar-refractivity contribution in [1.82, 2.24) is 10.6 Å². The van der Waals surface area contributed by atoms with Crippen molar-refractivity contribution in [3.8, 4) is 0 Å². The molecule has 0 rings (SSSR count). The third-order valence-corrected chi connectivity index (χ3v) is 2.25. The summed E-state index contributed by atoms with van der Waals surface area (Å²) in [5.41, 5.74) is 0. The summed E-state index contributed by atoms with van der Waals surface area (Å²) in [6.07, 6.45) is 3.93. The lowest BCUT2D eigenvalue weighted by Gasteiger charge is -2.15. The van der Waals surface area contributed by atoms with Gasteiger partial charge in [0.25, 0.3) is 0 Å². The number of hydrogen-bond acceptors (Lipinski definition) is 2. The van der Waals surface area contributed by atoms with Gasteiger partial charge in [0.1, 0.15) is 0 Å². The van der Waals surface area contributed by atoms with Crippen LogP contribution >= 0.6 is 0 Å². The van der Waals surface area contributed by atoms with Gasteiger partial charge in [-0.25, -0.2) is 0 Å². The lowest BCUT2D eigenvalue weighted by atomic mass is 10.1. The highest BCUT2D eigenvalue weighted by molar-refractivity contribution is 5.73. The average molecular weight is 214 g/mol. The van der Waals surface area contributed by atoms with Gasteiger partial charge in [0.2, 0.25) is 11.8 Å². The summed E-state index contributed by atoms with van der Waals surface area (Å²) in [7, 11) is 0. The summed E-state index contributed by atoms with van der Waals surface area (Å²) >= 11 is 0. The second-order valence-electron chi connectivity index (χ2n) is 3.78. The van der Waals surface area contributed by atoms with E-state index in [1.807, 2.05) is 0 Å². The lowest BCUT2D eigenvalue weighted by Crippen LogP contribution is -2.32. The fourth-order valence-corrected chi connectivity index (χ4v) is 1.45. The van der Waals surface area contributed by atoms with E-state index in [0.717, 1.165) is 32.2 Å². The van der Waals surface area contributed by atoms with Crippen LogP contribution in [-0.2, 0) is 9.59 Å². The van der Waals surface area contributed by atoms with E-state index in [2.05, 4.69) is 17.6 Å². The first-order chi connectivity index (χ1) is 7.06. The maximum Gasteiger partial charge on any atom is 0.217 e. The molecule has 0 heterocycles. The van der Waals surface area contributed by atoms with Crippen molar-refractivity contribution < 1.29 is 9.59 Å². The number of unbranched alkanes of at least 4 members (excludes halogenated alkanes) is 1. The topological polar surface area (TPSA) is 58.2 Å². The van der Waals surface area contributed by atoms with E-state index in [-0.39, 0.29) is 17.9 Å². The molecule has 0 bridgehead atoms. The van der Waals surface area contributed by atoms with Gasteiger partial charge in [-0.15, -0.1) is 0 Å². The van der Waals surface area contributed by atoms with E-state index in [9.17, 15) is 9.59 Å². The van der Waals surface area contributed by atoms with Gasteiger partial charge in [0.05, 0.1) is 0 Å². The van der Waals surface area contributed by atoms with Gasteiger partial charge in [0, 0.05) is 26.4 Å². The maximum atomic E-state index is 10.8. The van der Waals surface area contributed by atoms with Crippen molar-refractivity contribution in [2.45, 2.75) is 52.5 Å². The molecule has 88 valence electrons. The standard InChI is InChI=1S/C11H22N2O2/c1-4-11(13-10(3)15)7-5-6-8-12-9(2)14/h11H,4-8H2,1-3H3,(H,12,14)(H,13,15). The summed E-state index contributed by atoms with van der Waals surface area (Å²) in [5, 5.41) is 5.65. The summed E-state index contributed by atoms with van der Waals surface area (Å²) in [6.45, 7) is 5.85. The van der Waals surface area contributed by atoms with E-state index in [1.54, 1.807) is 6.92 Å². The number of amides is 2. The number of carbonyl (C=O) groups is 2. The van der Waals surface area contributed by atoms with E-state index in [0.29, 0.717) is 0 Å². The molecule has 0 fully saturated rings. The molecule has 0 aromatic heterocycles. The van der Waals surface area contributed by atoms with E-state index in [1.165, 1.54) is 6.92 Å². The maximum absolute atomic E-state index is 10.8. The minimum absolute atomic E-state index is 0.0175. The molecule has 0 aromatic carbocycles. The summed E-state index contributed by atoms with van der Waals surface area (Å²) < 4.78 is 0. The number of hydrogen-bond donors (Lipinski definition) is 2. The number of nitrogens with one attached hydrogen (secondary N) is 2. The van der Waals surface area contributed by atoms with E-state index < -0.39 is 0 Å². The Hall–Kier alpha value is -1.06. The van der Waals surface area contributed by atoms with E-state index in [4.69, 9.17) is 0 Å². The monoisotopic (exact) mass is 214 g/mol. The fourth-order valence-electron chi connectivity index (χ4n) is 1.45. The number of carbonyl (C=O) groups excluding carboxylic acids is 2. The Bertz CT molecular complexity index is 205. The summed E-state index contributed by atoms with van der Waals surface area (Å²) in [6, 6.07) is 0.278. The Morgan fingerprint density at radius 3 is 2.27 bits per heavy atom. The molecule has 0 aliphatic heterocycles. The Labute approximate surface area is 91.8 Å². The van der Waals surface area contributed by atoms with Crippen LogP contribution in [0.5, 0.6) is 0 Å². The van der Waals surface area contributed by atoms with Crippen molar-refractivity contribution in [1.29, 1.82) is 0 Å².